The van der Waals surface area contributed by atoms with E-state index in [0.29, 0.717) is 53.8 Å². The number of ether oxygens (including phenoxy) is 1. The van der Waals surface area contributed by atoms with Crippen molar-refractivity contribution < 1.29 is 14.3 Å². The van der Waals surface area contributed by atoms with Crippen LogP contribution in [0.5, 0.6) is 0 Å². The maximum absolute atomic E-state index is 12.8. The Morgan fingerprint density at radius 2 is 1.94 bits per heavy atom. The maximum Gasteiger partial charge on any atom is 0.306 e. The lowest BCUT2D eigenvalue weighted by molar-refractivity contribution is -0.147. The van der Waals surface area contributed by atoms with E-state index in [0.717, 1.165) is 5.56 Å². The Bertz CT molecular complexity index is 880. The zero-order valence-corrected chi connectivity index (χ0v) is 20.5. The third kappa shape index (κ3) is 10.2. The fraction of sp³-hybridized carbons (Fsp3) is 0.435. The quantitative estimate of drug-likeness (QED) is 0.231. The summed E-state index contributed by atoms with van der Waals surface area (Å²) in [5, 5.41) is 6.91. The molecule has 1 aromatic rings. The third-order valence-corrected chi connectivity index (χ3v) is 5.01. The Morgan fingerprint density at radius 3 is 2.53 bits per heavy atom. The van der Waals surface area contributed by atoms with E-state index >= 15 is 0 Å². The summed E-state index contributed by atoms with van der Waals surface area (Å²) < 4.78 is 5.10. The molecular weight excluding hydrogens is 451 g/mol. The van der Waals surface area contributed by atoms with Crippen molar-refractivity contribution in [3.8, 4) is 0 Å². The first kappa shape index (κ1) is 27.5. The second kappa shape index (κ2) is 14.5. The molecule has 0 aliphatic carbocycles. The molecule has 4 N–H and O–H groups in total. The van der Waals surface area contributed by atoms with Crippen LogP contribution >= 0.6 is 23.2 Å². The van der Waals surface area contributed by atoms with E-state index < -0.39 is 0 Å². The average molecular weight is 483 g/mol. The molecule has 176 valence electrons. The molecule has 32 heavy (non-hydrogen) atoms. The number of benzene rings is 1. The van der Waals surface area contributed by atoms with E-state index in [4.69, 9.17) is 33.7 Å². The fourth-order valence-corrected chi connectivity index (χ4v) is 2.92. The van der Waals surface area contributed by atoms with Crippen molar-refractivity contribution in [1.82, 2.24) is 10.6 Å². The van der Waals surface area contributed by atoms with Crippen LogP contribution in [0.4, 0.5) is 0 Å². The number of hydrogen-bond donors (Lipinski definition) is 3. The number of allylic oxidation sites excluding steroid dienone is 1. The number of carbonyl (C=O) groups is 2. The average Bonchev–Trinajstić information content (AvgIpc) is 2.74. The summed E-state index contributed by atoms with van der Waals surface area (Å²) in [4.78, 5) is 28.8. The van der Waals surface area contributed by atoms with Crippen molar-refractivity contribution >= 4 is 40.8 Å². The molecule has 0 atom stereocenters. The monoisotopic (exact) mass is 482 g/mol. The fourth-order valence-electron chi connectivity index (χ4n) is 2.60. The van der Waals surface area contributed by atoms with Crippen molar-refractivity contribution in [2.45, 2.75) is 59.6 Å². The third-order valence-electron chi connectivity index (χ3n) is 4.27. The van der Waals surface area contributed by atoms with Gasteiger partial charge in [0.1, 0.15) is 11.5 Å². The van der Waals surface area contributed by atoms with Gasteiger partial charge < -0.3 is 21.1 Å². The van der Waals surface area contributed by atoms with Crippen LogP contribution in [0.2, 0.25) is 10.0 Å². The topological polar surface area (TPSA) is 106 Å². The van der Waals surface area contributed by atoms with Crippen LogP contribution < -0.4 is 16.4 Å². The zero-order chi connectivity index (χ0) is 24.1. The number of carbonyl (C=O) groups excluding carboxylic acids is 2. The molecule has 0 heterocycles. The van der Waals surface area contributed by atoms with Crippen LogP contribution in [0.3, 0.4) is 0 Å². The predicted molar refractivity (Wildman–Crippen MR) is 131 cm³/mol. The minimum absolute atomic E-state index is 0.126. The largest absolute Gasteiger partial charge is 0.463 e. The normalized spacial score (nSPS) is 12.7. The molecule has 0 saturated carbocycles. The molecule has 0 aliphatic heterocycles. The van der Waals surface area contributed by atoms with Crippen molar-refractivity contribution in [1.29, 1.82) is 0 Å². The number of hydrogen-bond acceptors (Lipinski definition) is 6. The van der Waals surface area contributed by atoms with E-state index in [-0.39, 0.29) is 23.7 Å². The molecule has 0 unspecified atom stereocenters. The standard InChI is InChI=1S/C23H32Cl2N4O3/c1-5-20(28-14-17-9-10-18(24)19(25)12-17)29-23(31)22(16(4)13-26)27-11-7-6-8-21(30)32-15(2)3/h5,9-10,12-13,15,28H,6-8,11,14,26H2,1-4H3,(H,29,31)/b16-13-,20-5?,27-22?. The van der Waals surface area contributed by atoms with Crippen LogP contribution in [0.25, 0.3) is 0 Å². The second-order valence-corrected chi connectivity index (χ2v) is 8.15. The van der Waals surface area contributed by atoms with Gasteiger partial charge in [0.15, 0.2) is 0 Å². The highest BCUT2D eigenvalue weighted by molar-refractivity contribution is 6.45. The Hall–Kier alpha value is -2.51. The Kier molecular flexibility index (Phi) is 12.5. The molecule has 1 rings (SSSR count). The highest BCUT2D eigenvalue weighted by Gasteiger charge is 2.15. The van der Waals surface area contributed by atoms with E-state index in [9.17, 15) is 9.59 Å². The summed E-state index contributed by atoms with van der Waals surface area (Å²) in [7, 11) is 0. The molecule has 9 heteroatoms. The van der Waals surface area contributed by atoms with Crippen LogP contribution in [-0.2, 0) is 20.9 Å². The molecule has 0 aliphatic rings. The Balaban J connectivity index is 2.66. The first-order chi connectivity index (χ1) is 15.2. The van der Waals surface area contributed by atoms with Gasteiger partial charge in [0.2, 0.25) is 0 Å². The summed E-state index contributed by atoms with van der Waals surface area (Å²) in [6, 6.07) is 5.33. The van der Waals surface area contributed by atoms with Crippen LogP contribution in [0, 0.1) is 0 Å². The molecular formula is C23H32Cl2N4O3. The van der Waals surface area contributed by atoms with E-state index in [2.05, 4.69) is 15.6 Å². The summed E-state index contributed by atoms with van der Waals surface area (Å²) in [6.45, 7) is 7.99. The van der Waals surface area contributed by atoms with E-state index in [1.54, 1.807) is 32.1 Å². The number of aliphatic imine (C=N–C) groups is 1. The number of esters is 1. The predicted octanol–water partition coefficient (Wildman–Crippen LogP) is 4.49. The van der Waals surface area contributed by atoms with Gasteiger partial charge in [-0.25, -0.2) is 0 Å². The van der Waals surface area contributed by atoms with E-state index in [1.807, 2.05) is 19.9 Å². The van der Waals surface area contributed by atoms with Gasteiger partial charge in [-0.2, -0.15) is 0 Å². The number of nitrogens with one attached hydrogen (secondary N) is 2. The summed E-state index contributed by atoms with van der Waals surface area (Å²) in [5.74, 6) is -0.0843. The molecule has 0 fully saturated rings. The molecule has 0 spiro atoms. The molecule has 0 saturated heterocycles. The summed E-state index contributed by atoms with van der Waals surface area (Å²) >= 11 is 12.0. The van der Waals surface area contributed by atoms with Crippen molar-refractivity contribution in [3.63, 3.8) is 0 Å². The first-order valence-corrected chi connectivity index (χ1v) is 11.2. The van der Waals surface area contributed by atoms with Gasteiger partial charge in [-0.1, -0.05) is 29.3 Å². The number of rotatable bonds is 12. The number of unbranched alkanes of at least 4 members (excludes halogenated alkanes) is 1. The van der Waals surface area contributed by atoms with Gasteiger partial charge in [0.05, 0.1) is 16.1 Å². The molecule has 7 nitrogen and oxygen atoms in total. The zero-order valence-electron chi connectivity index (χ0n) is 19.0. The second-order valence-electron chi connectivity index (χ2n) is 7.33. The highest BCUT2D eigenvalue weighted by atomic mass is 35.5. The van der Waals surface area contributed by atoms with Gasteiger partial charge in [-0.05, 0) is 76.1 Å². The lowest BCUT2D eigenvalue weighted by Crippen LogP contribution is -2.36. The summed E-state index contributed by atoms with van der Waals surface area (Å²) in [5.41, 5.74) is 7.33. The first-order valence-electron chi connectivity index (χ1n) is 10.5. The van der Waals surface area contributed by atoms with Crippen molar-refractivity contribution in [2.24, 2.45) is 10.7 Å². The SMILES string of the molecule is CC=C(NCc1ccc(Cl)c(Cl)c1)NC(=O)C(=NCCCCC(=O)OC(C)C)/C(C)=C\N. The van der Waals surface area contributed by atoms with Gasteiger partial charge in [0, 0.05) is 19.5 Å². The van der Waals surface area contributed by atoms with E-state index in [1.165, 1.54) is 6.20 Å². The highest BCUT2D eigenvalue weighted by Crippen LogP contribution is 2.22. The number of nitrogens with two attached hydrogens (primary N) is 1. The van der Waals surface area contributed by atoms with Crippen molar-refractivity contribution in [2.75, 3.05) is 6.54 Å². The summed E-state index contributed by atoms with van der Waals surface area (Å²) in [6.07, 6.45) is 4.56. The van der Waals surface area contributed by atoms with Crippen LogP contribution in [0.15, 0.2) is 46.9 Å². The lowest BCUT2D eigenvalue weighted by atomic mass is 10.1. The molecule has 0 radical (unpaired) electrons. The van der Waals surface area contributed by atoms with Gasteiger partial charge >= 0.3 is 5.97 Å². The molecule has 0 aromatic heterocycles. The van der Waals surface area contributed by atoms with Crippen LogP contribution in [0.1, 0.15) is 52.5 Å². The smallest absolute Gasteiger partial charge is 0.306 e. The minimum Gasteiger partial charge on any atom is -0.463 e. The number of amides is 1. The lowest BCUT2D eigenvalue weighted by Gasteiger charge is -2.14. The van der Waals surface area contributed by atoms with Gasteiger partial charge in [-0.3, -0.25) is 14.6 Å². The number of nitrogens with zero attached hydrogens (tertiary/aromatic N) is 1. The molecule has 1 amide bonds. The van der Waals surface area contributed by atoms with Gasteiger partial charge in [0.25, 0.3) is 5.91 Å². The Morgan fingerprint density at radius 1 is 1.22 bits per heavy atom. The minimum atomic E-state index is -0.377. The molecule has 1 aromatic carbocycles. The molecule has 0 bridgehead atoms. The Labute approximate surface area is 200 Å². The maximum atomic E-state index is 12.8. The van der Waals surface area contributed by atoms with Gasteiger partial charge in [-0.15, -0.1) is 0 Å². The van der Waals surface area contributed by atoms with Crippen molar-refractivity contribution in [3.05, 3.63) is 57.5 Å². The number of halogens is 2. The van der Waals surface area contributed by atoms with Crippen LogP contribution in [-0.4, -0.2) is 30.2 Å².